The number of hydrogen-bond acceptors (Lipinski definition) is 4. The van der Waals surface area contributed by atoms with Gasteiger partial charge in [-0.15, -0.1) is 0 Å². The van der Waals surface area contributed by atoms with E-state index in [1.54, 1.807) is 6.07 Å². The summed E-state index contributed by atoms with van der Waals surface area (Å²) in [6.07, 6.45) is 2.39. The third-order valence-electron chi connectivity index (χ3n) is 1.91. The first kappa shape index (κ1) is 13.5. The molecule has 0 radical (unpaired) electrons. The van der Waals surface area contributed by atoms with E-state index in [9.17, 15) is 9.59 Å². The minimum atomic E-state index is -1.03. The fourth-order valence-electron chi connectivity index (χ4n) is 1.12. The van der Waals surface area contributed by atoms with Crippen molar-refractivity contribution in [3.63, 3.8) is 0 Å². The summed E-state index contributed by atoms with van der Waals surface area (Å²) in [6, 6.07) is 3.03. The van der Waals surface area contributed by atoms with E-state index in [0.29, 0.717) is 11.6 Å². The molecule has 17 heavy (non-hydrogen) atoms. The summed E-state index contributed by atoms with van der Waals surface area (Å²) in [4.78, 5) is 26.2. The van der Waals surface area contributed by atoms with Crippen LogP contribution in [0.1, 0.15) is 23.7 Å². The van der Waals surface area contributed by atoms with E-state index in [1.165, 1.54) is 12.3 Å². The number of nitrogens with zero attached hydrogens (tertiary/aromatic N) is 1. The van der Waals surface area contributed by atoms with E-state index >= 15 is 0 Å². The van der Waals surface area contributed by atoms with Crippen LogP contribution in [0.5, 0.6) is 0 Å². The van der Waals surface area contributed by atoms with Crippen LogP contribution in [0, 0.1) is 0 Å². The summed E-state index contributed by atoms with van der Waals surface area (Å²) in [5, 5.41) is 12.0. The summed E-state index contributed by atoms with van der Waals surface area (Å²) in [5.74, 6) is -0.967. The average molecular weight is 254 g/mol. The third-order valence-corrected chi connectivity index (χ3v) is 2.92. The van der Waals surface area contributed by atoms with E-state index in [1.807, 2.05) is 6.92 Å². The zero-order valence-electron chi connectivity index (χ0n) is 9.47. The Morgan fingerprint density at radius 1 is 1.53 bits per heavy atom. The molecule has 92 valence electrons. The molecule has 1 aromatic rings. The number of aromatic carboxylic acids is 1. The number of rotatable bonds is 6. The topological polar surface area (TPSA) is 79.3 Å². The lowest BCUT2D eigenvalue weighted by Crippen LogP contribution is -2.25. The van der Waals surface area contributed by atoms with Gasteiger partial charge in [-0.05, 0) is 18.6 Å². The first-order chi connectivity index (χ1) is 8.15. The largest absolute Gasteiger partial charge is 0.478 e. The maximum absolute atomic E-state index is 11.3. The van der Waals surface area contributed by atoms with E-state index in [-0.39, 0.29) is 17.2 Å². The normalized spacial score (nSPS) is 9.94. The molecule has 5 nitrogen and oxygen atoms in total. The summed E-state index contributed by atoms with van der Waals surface area (Å²) < 4.78 is 0. The van der Waals surface area contributed by atoms with Crippen molar-refractivity contribution in [2.24, 2.45) is 0 Å². The molecule has 0 aliphatic carbocycles. The van der Waals surface area contributed by atoms with Gasteiger partial charge < -0.3 is 10.4 Å². The Balaban J connectivity index is 2.57. The fraction of sp³-hybridized carbons (Fsp3) is 0.364. The van der Waals surface area contributed by atoms with Gasteiger partial charge in [0.15, 0.2) is 0 Å². The molecule has 1 amide bonds. The molecule has 1 aromatic heterocycles. The molecule has 0 unspecified atom stereocenters. The van der Waals surface area contributed by atoms with Crippen LogP contribution in [0.15, 0.2) is 23.4 Å². The number of pyridine rings is 1. The highest BCUT2D eigenvalue weighted by atomic mass is 32.2. The first-order valence-electron chi connectivity index (χ1n) is 5.23. The van der Waals surface area contributed by atoms with Crippen molar-refractivity contribution in [2.75, 3.05) is 12.3 Å². The predicted octanol–water partition coefficient (Wildman–Crippen LogP) is 1.40. The van der Waals surface area contributed by atoms with Crippen LogP contribution in [0.3, 0.4) is 0 Å². The Bertz CT molecular complexity index is 409. The second-order valence-corrected chi connectivity index (χ2v) is 4.26. The minimum absolute atomic E-state index is 0.112. The number of carbonyl (C=O) groups is 2. The van der Waals surface area contributed by atoms with E-state index in [4.69, 9.17) is 5.11 Å². The van der Waals surface area contributed by atoms with Gasteiger partial charge in [-0.25, -0.2) is 9.78 Å². The molecule has 0 aliphatic heterocycles. The molecule has 2 N–H and O–H groups in total. The Kier molecular flexibility index (Phi) is 5.48. The molecule has 1 rings (SSSR count). The number of carboxylic acid groups (broad SMARTS) is 1. The van der Waals surface area contributed by atoms with Crippen LogP contribution >= 0.6 is 11.8 Å². The smallest absolute Gasteiger partial charge is 0.338 e. The quantitative estimate of drug-likeness (QED) is 0.750. The van der Waals surface area contributed by atoms with Crippen molar-refractivity contribution in [2.45, 2.75) is 18.4 Å². The molecule has 6 heteroatoms. The van der Waals surface area contributed by atoms with Crippen molar-refractivity contribution in [1.29, 1.82) is 0 Å². The van der Waals surface area contributed by atoms with Crippen LogP contribution in [-0.2, 0) is 4.79 Å². The van der Waals surface area contributed by atoms with Crippen LogP contribution in [0.2, 0.25) is 0 Å². The van der Waals surface area contributed by atoms with Gasteiger partial charge in [0, 0.05) is 12.7 Å². The number of nitrogens with one attached hydrogen (secondary N) is 1. The molecule has 0 fully saturated rings. The van der Waals surface area contributed by atoms with E-state index < -0.39 is 5.97 Å². The SMILES string of the molecule is CCCNC(=O)CSc1ncccc1C(=O)O. The van der Waals surface area contributed by atoms with E-state index in [2.05, 4.69) is 10.3 Å². The highest BCUT2D eigenvalue weighted by Gasteiger charge is 2.12. The lowest BCUT2D eigenvalue weighted by Gasteiger charge is -2.05. The summed E-state index contributed by atoms with van der Waals surface area (Å²) >= 11 is 1.13. The lowest BCUT2D eigenvalue weighted by atomic mass is 10.3. The van der Waals surface area contributed by atoms with Gasteiger partial charge in [-0.2, -0.15) is 0 Å². The van der Waals surface area contributed by atoms with Crippen molar-refractivity contribution in [3.05, 3.63) is 23.9 Å². The molecule has 0 atom stereocenters. The number of hydrogen-bond donors (Lipinski definition) is 2. The maximum Gasteiger partial charge on any atom is 0.338 e. The molecule has 1 heterocycles. The average Bonchev–Trinajstić information content (AvgIpc) is 2.34. The Labute approximate surface area is 104 Å². The highest BCUT2D eigenvalue weighted by molar-refractivity contribution is 8.00. The van der Waals surface area contributed by atoms with Gasteiger partial charge in [0.25, 0.3) is 0 Å². The van der Waals surface area contributed by atoms with Gasteiger partial charge in [0.1, 0.15) is 5.03 Å². The summed E-state index contributed by atoms with van der Waals surface area (Å²) in [5.41, 5.74) is 0.126. The monoisotopic (exact) mass is 254 g/mol. The number of amides is 1. The van der Waals surface area contributed by atoms with Gasteiger partial charge in [0.05, 0.1) is 11.3 Å². The third kappa shape index (κ3) is 4.44. The molecule has 0 aromatic carbocycles. The van der Waals surface area contributed by atoms with Crippen LogP contribution in [0.25, 0.3) is 0 Å². The highest BCUT2D eigenvalue weighted by Crippen LogP contribution is 2.19. The second kappa shape index (κ2) is 6.90. The molecule has 0 saturated heterocycles. The van der Waals surface area contributed by atoms with E-state index in [0.717, 1.165) is 18.2 Å². The van der Waals surface area contributed by atoms with Crippen LogP contribution in [-0.4, -0.2) is 34.3 Å². The lowest BCUT2D eigenvalue weighted by molar-refractivity contribution is -0.118. The number of carbonyl (C=O) groups excluding carboxylic acids is 1. The predicted molar refractivity (Wildman–Crippen MR) is 65.2 cm³/mol. The number of thioether (sulfide) groups is 1. The summed E-state index contributed by atoms with van der Waals surface area (Å²) in [6.45, 7) is 2.60. The zero-order chi connectivity index (χ0) is 12.7. The molecular weight excluding hydrogens is 240 g/mol. The van der Waals surface area contributed by atoms with Gasteiger partial charge >= 0.3 is 5.97 Å². The zero-order valence-corrected chi connectivity index (χ0v) is 10.3. The fourth-order valence-corrected chi connectivity index (χ4v) is 1.93. The van der Waals surface area contributed by atoms with Crippen molar-refractivity contribution in [3.8, 4) is 0 Å². The van der Waals surface area contributed by atoms with Crippen molar-refractivity contribution >= 4 is 23.6 Å². The summed E-state index contributed by atoms with van der Waals surface area (Å²) in [7, 11) is 0. The second-order valence-electron chi connectivity index (χ2n) is 3.30. The molecule has 0 aliphatic rings. The molecule has 0 bridgehead atoms. The Hall–Kier alpha value is -1.56. The number of carboxylic acids is 1. The Morgan fingerprint density at radius 2 is 2.29 bits per heavy atom. The van der Waals surface area contributed by atoms with Crippen molar-refractivity contribution in [1.82, 2.24) is 10.3 Å². The van der Waals surface area contributed by atoms with Crippen LogP contribution in [0.4, 0.5) is 0 Å². The standard InChI is InChI=1S/C11H14N2O3S/c1-2-5-12-9(14)7-17-10-8(11(15)16)4-3-6-13-10/h3-4,6H,2,5,7H2,1H3,(H,12,14)(H,15,16). The first-order valence-corrected chi connectivity index (χ1v) is 6.21. The van der Waals surface area contributed by atoms with Crippen LogP contribution < -0.4 is 5.32 Å². The molecule has 0 saturated carbocycles. The maximum atomic E-state index is 11.3. The van der Waals surface area contributed by atoms with Gasteiger partial charge in [-0.3, -0.25) is 4.79 Å². The van der Waals surface area contributed by atoms with Crippen molar-refractivity contribution < 1.29 is 14.7 Å². The Morgan fingerprint density at radius 3 is 2.94 bits per heavy atom. The molecular formula is C11H14N2O3S. The molecule has 0 spiro atoms. The number of aromatic nitrogens is 1. The minimum Gasteiger partial charge on any atom is -0.478 e. The van der Waals surface area contributed by atoms with Gasteiger partial charge in [-0.1, -0.05) is 18.7 Å². The van der Waals surface area contributed by atoms with Gasteiger partial charge in [0.2, 0.25) is 5.91 Å².